The molecule has 0 radical (unpaired) electrons. The highest BCUT2D eigenvalue weighted by Crippen LogP contribution is 2.34. The average Bonchev–Trinajstić information content (AvgIpc) is 3.08. The van der Waals surface area contributed by atoms with Crippen LogP contribution >= 0.6 is 22.7 Å². The Labute approximate surface area is 129 Å². The fourth-order valence-electron chi connectivity index (χ4n) is 2.30. The van der Waals surface area contributed by atoms with E-state index < -0.39 is 0 Å². The summed E-state index contributed by atoms with van der Waals surface area (Å²) in [7, 11) is 0. The van der Waals surface area contributed by atoms with Crippen LogP contribution < -0.4 is 5.32 Å². The van der Waals surface area contributed by atoms with Gasteiger partial charge in [0.05, 0.1) is 15.1 Å². The highest BCUT2D eigenvalue weighted by molar-refractivity contribution is 7.16. The first kappa shape index (κ1) is 14.0. The number of hydrogen-bond acceptors (Lipinski definition) is 6. The molecule has 1 aromatic carbocycles. The van der Waals surface area contributed by atoms with Crippen LogP contribution in [0.2, 0.25) is 0 Å². The number of nitrogens with zero attached hydrogens (tertiary/aromatic N) is 2. The molecule has 108 valence electrons. The molecule has 0 fully saturated rings. The van der Waals surface area contributed by atoms with Crippen LogP contribution in [-0.4, -0.2) is 15.9 Å². The topological polar surface area (TPSA) is 68.1 Å². The minimum atomic E-state index is -0.359. The van der Waals surface area contributed by atoms with Crippen LogP contribution in [0.25, 0.3) is 10.2 Å². The van der Waals surface area contributed by atoms with E-state index in [0.717, 1.165) is 11.1 Å². The smallest absolute Gasteiger partial charge is 0.319 e. The zero-order chi connectivity index (χ0) is 14.8. The van der Waals surface area contributed by atoms with Gasteiger partial charge in [-0.05, 0) is 47.9 Å². The number of hydrogen-bond donors (Lipinski definition) is 1. The van der Waals surface area contributed by atoms with Gasteiger partial charge in [-0.3, -0.25) is 10.1 Å². The first-order chi connectivity index (χ1) is 10.1. The lowest BCUT2D eigenvalue weighted by Gasteiger charge is -2.14. The Bertz CT molecular complexity index is 768. The fraction of sp³-hybridized carbons (Fsp3) is 0.214. The molecule has 2 heterocycles. The van der Waals surface area contributed by atoms with Crippen LogP contribution in [-0.2, 0) is 6.42 Å². The molecule has 2 aromatic heterocycles. The highest BCUT2D eigenvalue weighted by Gasteiger charge is 2.21. The molecule has 0 bridgehead atoms. The van der Waals surface area contributed by atoms with E-state index in [4.69, 9.17) is 0 Å². The van der Waals surface area contributed by atoms with Crippen LogP contribution in [0, 0.1) is 10.1 Å². The standard InChI is InChI=1S/C14H13N3O2S2/c1-9(6-10-4-5-20-7-10)16-11-2-3-12-13(15-8-21-12)14(11)17(18)19/h2-5,7-9,16H,6H2,1H3. The van der Waals surface area contributed by atoms with Crippen LogP contribution in [0.1, 0.15) is 12.5 Å². The minimum absolute atomic E-state index is 0.0610. The summed E-state index contributed by atoms with van der Waals surface area (Å²) < 4.78 is 0.831. The molecule has 1 atom stereocenters. The highest BCUT2D eigenvalue weighted by atomic mass is 32.1. The molecule has 3 rings (SSSR count). The molecule has 0 aliphatic carbocycles. The zero-order valence-electron chi connectivity index (χ0n) is 11.3. The van der Waals surface area contributed by atoms with Gasteiger partial charge in [0, 0.05) is 6.04 Å². The summed E-state index contributed by atoms with van der Waals surface area (Å²) in [5.74, 6) is 0. The van der Waals surface area contributed by atoms with Crippen LogP contribution in [0.5, 0.6) is 0 Å². The Morgan fingerprint density at radius 3 is 3.00 bits per heavy atom. The van der Waals surface area contributed by atoms with Crippen molar-refractivity contribution < 1.29 is 4.92 Å². The van der Waals surface area contributed by atoms with Crippen molar-refractivity contribution in [1.29, 1.82) is 0 Å². The molecular formula is C14H13N3O2S2. The van der Waals surface area contributed by atoms with Crippen LogP contribution in [0.3, 0.4) is 0 Å². The Morgan fingerprint density at radius 1 is 1.43 bits per heavy atom. The number of anilines is 1. The number of thiophene rings is 1. The number of benzene rings is 1. The maximum atomic E-state index is 11.4. The van der Waals surface area contributed by atoms with E-state index in [1.807, 2.05) is 18.4 Å². The summed E-state index contributed by atoms with van der Waals surface area (Å²) in [5, 5.41) is 18.7. The van der Waals surface area contributed by atoms with Crippen molar-refractivity contribution in [1.82, 2.24) is 4.98 Å². The Kier molecular flexibility index (Phi) is 3.85. The van der Waals surface area contributed by atoms with Gasteiger partial charge in [-0.25, -0.2) is 4.98 Å². The summed E-state index contributed by atoms with van der Waals surface area (Å²) in [5.41, 5.74) is 3.91. The van der Waals surface area contributed by atoms with Gasteiger partial charge in [-0.15, -0.1) is 11.3 Å². The molecule has 21 heavy (non-hydrogen) atoms. The van der Waals surface area contributed by atoms with Gasteiger partial charge in [0.2, 0.25) is 0 Å². The molecular weight excluding hydrogens is 306 g/mol. The van der Waals surface area contributed by atoms with Gasteiger partial charge in [-0.1, -0.05) is 0 Å². The molecule has 0 aliphatic heterocycles. The largest absolute Gasteiger partial charge is 0.377 e. The van der Waals surface area contributed by atoms with Gasteiger partial charge in [-0.2, -0.15) is 11.3 Å². The monoisotopic (exact) mass is 319 g/mol. The third kappa shape index (κ3) is 2.88. The van der Waals surface area contributed by atoms with E-state index >= 15 is 0 Å². The summed E-state index contributed by atoms with van der Waals surface area (Å²) in [6, 6.07) is 5.82. The van der Waals surface area contributed by atoms with Gasteiger partial charge in [0.15, 0.2) is 5.52 Å². The lowest BCUT2D eigenvalue weighted by molar-refractivity contribution is -0.382. The van der Waals surface area contributed by atoms with Crippen molar-refractivity contribution >= 4 is 44.3 Å². The summed E-state index contributed by atoms with van der Waals surface area (Å²) in [4.78, 5) is 15.1. The quantitative estimate of drug-likeness (QED) is 0.562. The first-order valence-corrected chi connectivity index (χ1v) is 8.25. The zero-order valence-corrected chi connectivity index (χ0v) is 12.9. The van der Waals surface area contributed by atoms with Crippen molar-refractivity contribution in [3.8, 4) is 0 Å². The number of nitrogens with one attached hydrogen (secondary N) is 1. The molecule has 5 nitrogen and oxygen atoms in total. The maximum Gasteiger partial charge on any atom is 0.319 e. The number of nitro groups is 1. The molecule has 1 N–H and O–H groups in total. The molecule has 1 unspecified atom stereocenters. The van der Waals surface area contributed by atoms with E-state index in [2.05, 4.69) is 21.7 Å². The number of nitro benzene ring substituents is 1. The van der Waals surface area contributed by atoms with Crippen molar-refractivity contribution in [2.45, 2.75) is 19.4 Å². The van der Waals surface area contributed by atoms with Crippen LogP contribution in [0.4, 0.5) is 11.4 Å². The Morgan fingerprint density at radius 2 is 2.29 bits per heavy atom. The summed E-state index contributed by atoms with van der Waals surface area (Å²) >= 11 is 3.06. The van der Waals surface area contributed by atoms with E-state index in [0.29, 0.717) is 11.2 Å². The third-order valence-electron chi connectivity index (χ3n) is 3.18. The maximum absolute atomic E-state index is 11.4. The Hall–Kier alpha value is -1.99. The second-order valence-corrected chi connectivity index (χ2v) is 6.47. The van der Waals surface area contributed by atoms with Crippen molar-refractivity contribution in [3.05, 3.63) is 50.1 Å². The third-order valence-corrected chi connectivity index (χ3v) is 4.71. The number of rotatable bonds is 5. The normalized spacial score (nSPS) is 12.4. The van der Waals surface area contributed by atoms with E-state index in [1.54, 1.807) is 22.9 Å². The van der Waals surface area contributed by atoms with E-state index in [9.17, 15) is 10.1 Å². The van der Waals surface area contributed by atoms with E-state index in [1.165, 1.54) is 16.9 Å². The second kappa shape index (κ2) is 5.79. The SMILES string of the molecule is CC(Cc1ccsc1)Nc1ccc2scnc2c1[N+](=O)[O-]. The molecule has 0 amide bonds. The van der Waals surface area contributed by atoms with Gasteiger partial charge < -0.3 is 5.32 Å². The molecule has 3 aromatic rings. The second-order valence-electron chi connectivity index (χ2n) is 4.80. The summed E-state index contributed by atoms with van der Waals surface area (Å²) in [6.07, 6.45) is 0.829. The first-order valence-electron chi connectivity index (χ1n) is 6.43. The predicted octanol–water partition coefficient (Wildman–Crippen LogP) is 4.31. The fourth-order valence-corrected chi connectivity index (χ4v) is 3.66. The van der Waals surface area contributed by atoms with E-state index in [-0.39, 0.29) is 16.7 Å². The van der Waals surface area contributed by atoms with Crippen LogP contribution in [0.15, 0.2) is 34.5 Å². The van der Waals surface area contributed by atoms with Gasteiger partial charge in [0.1, 0.15) is 5.69 Å². The molecule has 0 spiro atoms. The molecule has 0 saturated carbocycles. The van der Waals surface area contributed by atoms with Crippen molar-refractivity contribution in [2.75, 3.05) is 5.32 Å². The number of aromatic nitrogens is 1. The molecule has 0 aliphatic rings. The predicted molar refractivity (Wildman–Crippen MR) is 87.4 cm³/mol. The van der Waals surface area contributed by atoms with Gasteiger partial charge in [0.25, 0.3) is 0 Å². The lowest BCUT2D eigenvalue weighted by Crippen LogP contribution is -2.18. The number of fused-ring (bicyclic) bond motifs is 1. The lowest BCUT2D eigenvalue weighted by atomic mass is 10.1. The van der Waals surface area contributed by atoms with Crippen molar-refractivity contribution in [2.24, 2.45) is 0 Å². The minimum Gasteiger partial charge on any atom is -0.377 e. The van der Waals surface area contributed by atoms with Gasteiger partial charge >= 0.3 is 5.69 Å². The Balaban J connectivity index is 1.89. The number of thiazole rings is 1. The summed E-state index contributed by atoms with van der Waals surface area (Å²) in [6.45, 7) is 2.02. The molecule has 7 heteroatoms. The average molecular weight is 319 g/mol. The molecule has 0 saturated heterocycles. The van der Waals surface area contributed by atoms with Crippen molar-refractivity contribution in [3.63, 3.8) is 0 Å².